The van der Waals surface area contributed by atoms with Crippen molar-refractivity contribution in [3.05, 3.63) is 18.2 Å². The minimum Gasteiger partial charge on any atom is -0.337 e. The average Bonchev–Trinajstić information content (AvgIpc) is 2.13. The highest BCUT2D eigenvalue weighted by atomic mass is 35.5. The van der Waals surface area contributed by atoms with E-state index in [9.17, 15) is 0 Å². The Morgan fingerprint density at radius 3 is 2.67 bits per heavy atom. The van der Waals surface area contributed by atoms with Crippen molar-refractivity contribution in [3.63, 3.8) is 0 Å². The molecule has 1 aromatic rings. The van der Waals surface area contributed by atoms with Gasteiger partial charge in [-0.1, -0.05) is 0 Å². The van der Waals surface area contributed by atoms with Crippen LogP contribution in [0.2, 0.25) is 0 Å². The lowest BCUT2D eigenvalue weighted by Gasteiger charge is -2.00. The number of imidazole rings is 1. The fraction of sp³-hybridized carbons (Fsp3) is 0.500. The number of halogens is 1. The Balaban J connectivity index is 2.94. The van der Waals surface area contributed by atoms with Crippen LogP contribution in [0.25, 0.3) is 0 Å². The average molecular weight is 145 g/mol. The zero-order valence-corrected chi connectivity index (χ0v) is 6.26. The normalized spacial score (nSPS) is 13.7. The van der Waals surface area contributed by atoms with E-state index in [1.807, 2.05) is 24.7 Å². The molecule has 1 heterocycles. The Kier molecular flexibility index (Phi) is 1.76. The highest BCUT2D eigenvalue weighted by molar-refractivity contribution is 6.20. The largest absolute Gasteiger partial charge is 0.337 e. The molecular formula is C6H9ClN2. The van der Waals surface area contributed by atoms with Crippen molar-refractivity contribution in [1.29, 1.82) is 0 Å². The van der Waals surface area contributed by atoms with Gasteiger partial charge in [0.25, 0.3) is 0 Å². The van der Waals surface area contributed by atoms with Gasteiger partial charge in [-0.05, 0) is 6.92 Å². The van der Waals surface area contributed by atoms with E-state index in [0.29, 0.717) is 0 Å². The third-order valence-electron chi connectivity index (χ3n) is 1.21. The molecule has 0 saturated heterocycles. The molecule has 0 aliphatic heterocycles. The lowest BCUT2D eigenvalue weighted by molar-refractivity contribution is 0.792. The van der Waals surface area contributed by atoms with Crippen LogP contribution < -0.4 is 0 Å². The van der Waals surface area contributed by atoms with Gasteiger partial charge < -0.3 is 4.57 Å². The molecule has 0 bridgehead atoms. The summed E-state index contributed by atoms with van der Waals surface area (Å²) in [4.78, 5) is 4.05. The molecule has 0 N–H and O–H groups in total. The molecule has 0 spiro atoms. The van der Waals surface area contributed by atoms with Gasteiger partial charge in [0.1, 0.15) is 5.82 Å². The summed E-state index contributed by atoms with van der Waals surface area (Å²) in [6, 6.07) is 0. The number of hydrogen-bond donors (Lipinski definition) is 0. The highest BCUT2D eigenvalue weighted by Crippen LogP contribution is 2.15. The van der Waals surface area contributed by atoms with E-state index in [2.05, 4.69) is 4.98 Å². The van der Waals surface area contributed by atoms with Gasteiger partial charge in [-0.25, -0.2) is 4.98 Å². The second-order valence-electron chi connectivity index (χ2n) is 2.01. The predicted molar refractivity (Wildman–Crippen MR) is 37.5 cm³/mol. The van der Waals surface area contributed by atoms with E-state index in [1.165, 1.54) is 0 Å². The molecule has 1 rings (SSSR count). The fourth-order valence-electron chi connectivity index (χ4n) is 0.760. The Labute approximate surface area is 59.5 Å². The molecule has 0 radical (unpaired) electrons. The smallest absolute Gasteiger partial charge is 0.126 e. The van der Waals surface area contributed by atoms with Crippen LogP contribution >= 0.6 is 11.6 Å². The molecule has 0 unspecified atom stereocenters. The van der Waals surface area contributed by atoms with Gasteiger partial charge in [0.2, 0.25) is 0 Å². The Morgan fingerprint density at radius 2 is 2.44 bits per heavy atom. The number of hydrogen-bond acceptors (Lipinski definition) is 1. The van der Waals surface area contributed by atoms with E-state index in [0.717, 1.165) is 5.82 Å². The SMILES string of the molecule is C[C@@H](Cl)c1nccn1C. The zero-order valence-electron chi connectivity index (χ0n) is 5.50. The zero-order chi connectivity index (χ0) is 6.85. The van der Waals surface area contributed by atoms with Crippen molar-refractivity contribution in [2.24, 2.45) is 7.05 Å². The molecule has 0 aromatic carbocycles. The molecule has 0 saturated carbocycles. The molecule has 0 aliphatic rings. The van der Waals surface area contributed by atoms with Crippen LogP contribution in [0.1, 0.15) is 18.1 Å². The summed E-state index contributed by atoms with van der Waals surface area (Å²) < 4.78 is 1.91. The lowest BCUT2D eigenvalue weighted by Crippen LogP contribution is -1.96. The summed E-state index contributed by atoms with van der Waals surface area (Å²) >= 11 is 5.77. The second-order valence-corrected chi connectivity index (χ2v) is 2.67. The van der Waals surface area contributed by atoms with Crippen molar-refractivity contribution in [1.82, 2.24) is 9.55 Å². The molecule has 0 fully saturated rings. The first-order valence-corrected chi connectivity index (χ1v) is 3.26. The maximum absolute atomic E-state index is 5.77. The summed E-state index contributed by atoms with van der Waals surface area (Å²) in [5.74, 6) is 0.914. The molecule has 2 nitrogen and oxygen atoms in total. The van der Waals surface area contributed by atoms with Gasteiger partial charge in [-0.15, -0.1) is 11.6 Å². The minimum atomic E-state index is 0.00463. The van der Waals surface area contributed by atoms with Gasteiger partial charge in [0.05, 0.1) is 5.38 Å². The first-order chi connectivity index (χ1) is 4.22. The maximum Gasteiger partial charge on any atom is 0.126 e. The Hall–Kier alpha value is -0.500. The van der Waals surface area contributed by atoms with Crippen molar-refractivity contribution < 1.29 is 0 Å². The third kappa shape index (κ3) is 1.24. The minimum absolute atomic E-state index is 0.00463. The monoisotopic (exact) mass is 144 g/mol. The van der Waals surface area contributed by atoms with Crippen LogP contribution in [0.4, 0.5) is 0 Å². The first-order valence-electron chi connectivity index (χ1n) is 2.83. The van der Waals surface area contributed by atoms with Gasteiger partial charge in [0, 0.05) is 19.4 Å². The predicted octanol–water partition coefficient (Wildman–Crippen LogP) is 1.72. The van der Waals surface area contributed by atoms with Crippen molar-refractivity contribution in [2.75, 3.05) is 0 Å². The molecular weight excluding hydrogens is 136 g/mol. The summed E-state index contributed by atoms with van der Waals surface area (Å²) in [5.41, 5.74) is 0. The summed E-state index contributed by atoms with van der Waals surface area (Å²) in [6.45, 7) is 1.91. The van der Waals surface area contributed by atoms with Gasteiger partial charge in [-0.2, -0.15) is 0 Å². The highest BCUT2D eigenvalue weighted by Gasteiger charge is 2.03. The van der Waals surface area contributed by atoms with Crippen LogP contribution in [0.15, 0.2) is 12.4 Å². The lowest BCUT2D eigenvalue weighted by atomic mass is 10.4. The molecule has 3 heteroatoms. The van der Waals surface area contributed by atoms with E-state index in [-0.39, 0.29) is 5.38 Å². The summed E-state index contributed by atoms with van der Waals surface area (Å²) in [7, 11) is 1.93. The fourth-order valence-corrected chi connectivity index (χ4v) is 0.971. The maximum atomic E-state index is 5.77. The van der Waals surface area contributed by atoms with Crippen LogP contribution in [0, 0.1) is 0 Å². The van der Waals surface area contributed by atoms with E-state index < -0.39 is 0 Å². The van der Waals surface area contributed by atoms with Gasteiger partial charge >= 0.3 is 0 Å². The molecule has 0 amide bonds. The number of aryl methyl sites for hydroxylation is 1. The van der Waals surface area contributed by atoms with Crippen LogP contribution in [0.5, 0.6) is 0 Å². The second kappa shape index (κ2) is 2.40. The van der Waals surface area contributed by atoms with E-state index in [4.69, 9.17) is 11.6 Å². The molecule has 9 heavy (non-hydrogen) atoms. The van der Waals surface area contributed by atoms with Gasteiger partial charge in [-0.3, -0.25) is 0 Å². The first kappa shape index (κ1) is 6.62. The molecule has 1 atom stereocenters. The number of nitrogens with zero attached hydrogens (tertiary/aromatic N) is 2. The standard InChI is InChI=1S/C6H9ClN2/c1-5(7)6-8-3-4-9(6)2/h3-5H,1-2H3/t5-/m1/s1. The van der Waals surface area contributed by atoms with Crippen LogP contribution in [-0.2, 0) is 7.05 Å². The van der Waals surface area contributed by atoms with Crippen molar-refractivity contribution in [3.8, 4) is 0 Å². The van der Waals surface area contributed by atoms with Crippen molar-refractivity contribution >= 4 is 11.6 Å². The molecule has 0 aliphatic carbocycles. The van der Waals surface area contributed by atoms with E-state index >= 15 is 0 Å². The number of rotatable bonds is 1. The number of aromatic nitrogens is 2. The number of alkyl halides is 1. The van der Waals surface area contributed by atoms with Crippen molar-refractivity contribution in [2.45, 2.75) is 12.3 Å². The molecule has 50 valence electrons. The van der Waals surface area contributed by atoms with Crippen LogP contribution in [-0.4, -0.2) is 9.55 Å². The third-order valence-corrected chi connectivity index (χ3v) is 1.41. The summed E-state index contributed by atoms with van der Waals surface area (Å²) in [5, 5.41) is 0.00463. The molecule has 1 aromatic heterocycles. The Bertz CT molecular complexity index is 193. The Morgan fingerprint density at radius 1 is 1.78 bits per heavy atom. The van der Waals surface area contributed by atoms with E-state index in [1.54, 1.807) is 6.20 Å². The van der Waals surface area contributed by atoms with Crippen LogP contribution in [0.3, 0.4) is 0 Å². The van der Waals surface area contributed by atoms with Gasteiger partial charge in [0.15, 0.2) is 0 Å². The quantitative estimate of drug-likeness (QED) is 0.549. The topological polar surface area (TPSA) is 17.8 Å². The summed E-state index contributed by atoms with van der Waals surface area (Å²) in [6.07, 6.45) is 3.63.